The maximum Gasteiger partial charge on any atom is 0.307 e. The summed E-state index contributed by atoms with van der Waals surface area (Å²) in [6.07, 6.45) is 33.4. The molecule has 0 aromatic heterocycles. The molecule has 12 unspecified atom stereocenters. The lowest BCUT2D eigenvalue weighted by atomic mass is 10.0. The van der Waals surface area contributed by atoms with Crippen molar-refractivity contribution >= 4 is 132 Å². The number of amides is 3. The lowest BCUT2D eigenvalue weighted by molar-refractivity contribution is -0.271. The summed E-state index contributed by atoms with van der Waals surface area (Å²) < 4.78 is 33.5. The molecule has 4 aliphatic rings. The second kappa shape index (κ2) is 71.6. The first-order valence-corrected chi connectivity index (χ1v) is 52.9. The minimum Gasteiger partial charge on any atom is -0.497 e. The number of imide groups is 1. The van der Waals surface area contributed by atoms with Gasteiger partial charge in [0.05, 0.1) is 31.5 Å². The number of fused-ring (bicyclic) bond motifs is 1. The Balaban J connectivity index is 0.000000340. The van der Waals surface area contributed by atoms with Crippen molar-refractivity contribution in [2.75, 3.05) is 108 Å². The number of carbonyl (C=O) groups excluding carboxylic acids is 7. The summed E-state index contributed by atoms with van der Waals surface area (Å²) in [5.41, 5.74) is 10.8. The van der Waals surface area contributed by atoms with Crippen LogP contribution in [0.25, 0.3) is 0 Å². The highest BCUT2D eigenvalue weighted by atomic mass is 32.2. The van der Waals surface area contributed by atoms with Gasteiger partial charge in [-0.05, 0) is 192 Å². The van der Waals surface area contributed by atoms with Crippen molar-refractivity contribution < 1.29 is 87.1 Å². The third-order valence-electron chi connectivity index (χ3n) is 22.5. The van der Waals surface area contributed by atoms with Crippen molar-refractivity contribution in [3.05, 3.63) is 132 Å². The number of hydrogen-bond donors (Lipinski definition) is 10. The number of esters is 3. The van der Waals surface area contributed by atoms with E-state index in [1.165, 1.54) is 48.2 Å². The van der Waals surface area contributed by atoms with Crippen LogP contribution in [0.4, 0.5) is 0 Å². The van der Waals surface area contributed by atoms with Crippen molar-refractivity contribution in [3.63, 3.8) is 0 Å². The number of aliphatic carboxylic acids is 1. The van der Waals surface area contributed by atoms with Crippen LogP contribution >= 0.6 is 84.1 Å². The van der Waals surface area contributed by atoms with Crippen molar-refractivity contribution in [1.29, 1.82) is 0 Å². The topological polar surface area (TPSA) is 346 Å². The van der Waals surface area contributed by atoms with Gasteiger partial charge in [-0.2, -0.15) is 84.1 Å². The summed E-state index contributed by atoms with van der Waals surface area (Å²) in [5, 5.41) is 42.6. The van der Waals surface area contributed by atoms with Crippen LogP contribution in [-0.2, 0) is 96.0 Å². The van der Waals surface area contributed by atoms with Gasteiger partial charge >= 0.3 is 23.9 Å². The van der Waals surface area contributed by atoms with E-state index in [1.807, 2.05) is 107 Å². The van der Waals surface area contributed by atoms with Gasteiger partial charge in [-0.25, -0.2) is 4.89 Å². The van der Waals surface area contributed by atoms with Crippen LogP contribution in [0.3, 0.4) is 0 Å². The van der Waals surface area contributed by atoms with Gasteiger partial charge in [0, 0.05) is 149 Å². The molecule has 127 heavy (non-hydrogen) atoms. The van der Waals surface area contributed by atoms with Crippen LogP contribution in [0.2, 0.25) is 0 Å². The van der Waals surface area contributed by atoms with E-state index in [0.29, 0.717) is 126 Å². The number of thiol groups is 2. The zero-order chi connectivity index (χ0) is 91.7. The molecule has 0 saturated carbocycles. The number of aliphatic hydroxyl groups excluding tert-OH is 1. The van der Waals surface area contributed by atoms with Gasteiger partial charge in [-0.3, -0.25) is 69.4 Å². The average molecular weight is 1900 g/mol. The number of benzene rings is 3. The normalized spacial score (nSPS) is 18.7. The number of likely N-dealkylation sites (tertiary alicyclic amines) is 2. The molecule has 12 atom stereocenters. The monoisotopic (exact) mass is 1900 g/mol. The summed E-state index contributed by atoms with van der Waals surface area (Å²) in [7, 11) is 1.52. The molecule has 33 heteroatoms. The fraction of sp³-hybridized carbons (Fsp3) is 0.681. The smallest absolute Gasteiger partial charge is 0.307 e. The first kappa shape index (κ1) is 112. The van der Waals surface area contributed by atoms with Gasteiger partial charge in [-0.1, -0.05) is 123 Å². The van der Waals surface area contributed by atoms with Crippen LogP contribution in [0, 0.1) is 5.92 Å². The molecule has 3 amide bonds. The first-order valence-electron chi connectivity index (χ1n) is 45.8. The molecular formula is C94H150N8O18S7. The van der Waals surface area contributed by atoms with E-state index in [2.05, 4.69) is 130 Å². The fourth-order valence-electron chi connectivity index (χ4n) is 15.1. The highest BCUT2D eigenvalue weighted by Crippen LogP contribution is 2.31. The summed E-state index contributed by atoms with van der Waals surface area (Å²) in [6.45, 7) is 5.94. The Bertz CT molecular complexity index is 3520. The zero-order valence-electron chi connectivity index (χ0n) is 75.7. The Morgan fingerprint density at radius 2 is 1.28 bits per heavy atom. The molecule has 9 N–H and O–H groups in total. The number of nitrogens with two attached hydrogens (primary N) is 1. The minimum absolute atomic E-state index is 0.00951. The van der Waals surface area contributed by atoms with Gasteiger partial charge in [0.2, 0.25) is 17.7 Å². The molecule has 3 aromatic rings. The van der Waals surface area contributed by atoms with Crippen LogP contribution in [0.1, 0.15) is 222 Å². The predicted molar refractivity (Wildman–Crippen MR) is 522 cm³/mol. The van der Waals surface area contributed by atoms with Crippen molar-refractivity contribution in [2.24, 2.45) is 11.7 Å². The quantitative estimate of drug-likeness (QED) is 0.00240. The lowest BCUT2D eigenvalue weighted by Gasteiger charge is -2.29. The van der Waals surface area contributed by atoms with Crippen molar-refractivity contribution in [2.45, 2.75) is 288 Å². The molecule has 3 fully saturated rings. The third kappa shape index (κ3) is 51.1. The molecule has 3 saturated heterocycles. The Labute approximate surface area is 789 Å². The van der Waals surface area contributed by atoms with Gasteiger partial charge in [0.15, 0.2) is 24.9 Å². The summed E-state index contributed by atoms with van der Waals surface area (Å²) in [6, 6.07) is 29.1. The molecule has 0 bridgehead atoms. The van der Waals surface area contributed by atoms with Crippen LogP contribution in [0.15, 0.2) is 109 Å². The number of carboxylic acid groups (broad SMARTS) is 1. The van der Waals surface area contributed by atoms with Crippen LogP contribution in [0.5, 0.6) is 0 Å². The van der Waals surface area contributed by atoms with E-state index >= 15 is 0 Å². The maximum atomic E-state index is 13.1. The molecule has 0 spiro atoms. The lowest BCUT2D eigenvalue weighted by Crippen LogP contribution is -2.46. The largest absolute Gasteiger partial charge is 0.497 e. The number of methoxy groups -OCH3 is 1. The number of rotatable bonds is 67. The number of aliphatic hydroxyl groups is 1. The third-order valence-corrected chi connectivity index (χ3v) is 29.1. The Kier molecular flexibility index (Phi) is 63.4. The number of ether oxygens (including phenoxy) is 6. The van der Waals surface area contributed by atoms with Crippen LogP contribution in [-0.4, -0.2) is 251 Å². The Morgan fingerprint density at radius 3 is 1.92 bits per heavy atom. The highest BCUT2D eigenvalue weighted by molar-refractivity contribution is 8.00. The van der Waals surface area contributed by atoms with E-state index in [1.54, 1.807) is 11.2 Å². The van der Waals surface area contributed by atoms with Gasteiger partial charge in [0.1, 0.15) is 12.8 Å². The molecule has 0 radical (unpaired) electrons. The van der Waals surface area contributed by atoms with Gasteiger partial charge < -0.3 is 54.6 Å². The summed E-state index contributed by atoms with van der Waals surface area (Å²) in [4.78, 5) is 107. The number of carboxylic acids is 1. The second-order valence-electron chi connectivity index (χ2n) is 32.5. The number of carbonyl (C=O) groups is 8. The summed E-state index contributed by atoms with van der Waals surface area (Å²) in [5.74, 6) is 4.06. The van der Waals surface area contributed by atoms with E-state index in [0.717, 1.165) is 141 Å². The van der Waals surface area contributed by atoms with Crippen molar-refractivity contribution in [3.8, 4) is 0 Å². The van der Waals surface area contributed by atoms with E-state index in [-0.39, 0.29) is 112 Å². The molecule has 7 rings (SSSR count). The number of nitrogens with one attached hydrogen (secondary N) is 4. The minimum atomic E-state index is -0.863. The van der Waals surface area contributed by atoms with Gasteiger partial charge in [-0.15, -0.1) is 0 Å². The molecule has 0 aliphatic carbocycles. The second-order valence-corrected chi connectivity index (χ2v) is 39.6. The number of hydrogen-bond acceptors (Lipinski definition) is 30. The molecule has 716 valence electrons. The zero-order valence-corrected chi connectivity index (χ0v) is 81.5. The molecule has 3 aromatic carbocycles. The SMILES string of the molecule is COC1CC(=O)N(C(=O)CCNC(CCCCC(=O)O)OC(=O)CCCCC(CCCSCc2ccccc2)SCc2ccccc2)C1.CSCCC(CCCCC(=O)OC(NCCC(=O)N1CCc2ccccc2CC1OC=O)C(C)CN)SC.O=C(CCCCC(S)CCCS)OC(CCCO)NCCNC1CC(O/C=C/C=C/CC2CCCS2)CN1COO. The van der Waals surface area contributed by atoms with E-state index in [4.69, 9.17) is 44.5 Å². The van der Waals surface area contributed by atoms with Gasteiger partial charge in [0.25, 0.3) is 6.47 Å². The number of unbranched alkanes of at least 4 members (excludes halogenated alkanes) is 4. The predicted octanol–water partition coefficient (Wildman–Crippen LogP) is 15.0. The molecule has 4 aliphatic heterocycles. The van der Waals surface area contributed by atoms with E-state index < -0.39 is 30.9 Å². The fourth-order valence-corrected chi connectivity index (χ4v) is 20.5. The van der Waals surface area contributed by atoms with Crippen molar-refractivity contribution in [1.82, 2.24) is 36.0 Å². The summed E-state index contributed by atoms with van der Waals surface area (Å²) >= 11 is 18.6. The first-order chi connectivity index (χ1) is 61.8. The number of thioether (sulfide) groups is 5. The Hall–Kier alpha value is -5.05. The highest BCUT2D eigenvalue weighted by Gasteiger charge is 2.36. The number of allylic oxidation sites excluding steroid dienone is 3. The standard InChI is InChI=1S/C37H52N2O7S2.C29H53N3O6S3.C28H45N3O5S2/c1-45-31-25-35(41)39(26-31)34(40)22-23-38-33(19-9-10-20-36(42)43)46-37(44)21-11-8-17-32(48-28-30-15-6-3-7-16-30)18-12-24-47-27-29-13-4-2-5-14-29;33-17-6-13-28(38-29(34)14-4-3-9-25(40)10-7-19-39)31-16-15-30-27-21-24(22-32(27)23-37-35)36-18-5-1-2-11-26-12-8-20-41-26;1-21(19-29)28(36-27(34)11-7-6-10-24(38-3)14-17-37-2)30-15-12-25(33)31-16-13-22-8-4-5-9-23(22)18-26(31)35-20-32/h2-7,13-16,31-33,38H,8-12,17-28H2,1H3,(H,42,43);1-2,5,18,24-28,30-31,33,35,39-40H,3-4,6-17,19-23H2;4-5,8-9,20-21,24,26,28,30H,6-7,10-19,29H2,1-3H3/b;2-1+,18-5+;. The van der Waals surface area contributed by atoms with Crippen LogP contribution < -0.4 is 27.0 Å². The number of nitrogens with zero attached hydrogens (tertiary/aromatic N) is 3. The van der Waals surface area contributed by atoms with E-state index in [9.17, 15) is 43.5 Å². The molecule has 4 heterocycles. The average Bonchev–Trinajstić information content (AvgIpc) is 1.52. The molecule has 26 nitrogen and oxygen atoms in total. The maximum absolute atomic E-state index is 13.1. The Morgan fingerprint density at radius 1 is 0.661 bits per heavy atom. The molecular weight excluding hydrogens is 1750 g/mol.